The van der Waals surface area contributed by atoms with E-state index in [4.69, 9.17) is 15.7 Å². The Kier molecular flexibility index (Phi) is 5.43. The van der Waals surface area contributed by atoms with Crippen LogP contribution in [0.2, 0.25) is 0 Å². The van der Waals surface area contributed by atoms with Crippen LogP contribution in [0.4, 0.5) is 0 Å². The molecule has 0 aromatic heterocycles. The molecule has 0 heterocycles. The maximum atomic E-state index is 9.62. The molecule has 2 atom stereocenters. The fourth-order valence-electron chi connectivity index (χ4n) is 1.30. The van der Waals surface area contributed by atoms with E-state index in [9.17, 15) is 5.11 Å². The topological polar surface area (TPSA) is 91.3 Å². The third-order valence-corrected chi connectivity index (χ3v) is 2.13. The van der Waals surface area contributed by atoms with Crippen molar-refractivity contribution in [1.82, 2.24) is 5.32 Å². The van der Waals surface area contributed by atoms with E-state index in [1.807, 2.05) is 13.0 Å². The van der Waals surface area contributed by atoms with Gasteiger partial charge in [0.05, 0.1) is 11.7 Å². The molecule has 5 heteroatoms. The second-order valence-electron chi connectivity index (χ2n) is 3.71. The minimum Gasteiger partial charge on any atom is -0.464 e. The molecule has 5 nitrogen and oxygen atoms in total. The number of ether oxygens (including phenoxy) is 1. The van der Waals surface area contributed by atoms with E-state index in [0.29, 0.717) is 24.3 Å². The maximum absolute atomic E-state index is 9.62. The minimum atomic E-state index is -0.948. The molecule has 4 N–H and O–H groups in total. The molecule has 1 aromatic carbocycles. The van der Waals surface area contributed by atoms with Crippen molar-refractivity contribution in [2.45, 2.75) is 25.8 Å². The number of rotatable bonds is 6. The van der Waals surface area contributed by atoms with Crippen molar-refractivity contribution in [2.24, 2.45) is 5.73 Å². The maximum Gasteiger partial charge on any atom is 0.198 e. The highest BCUT2D eigenvalue weighted by Gasteiger charge is 2.09. The lowest BCUT2D eigenvalue weighted by molar-refractivity contribution is -0.0228. The van der Waals surface area contributed by atoms with Crippen molar-refractivity contribution in [3.63, 3.8) is 0 Å². The number of hydrogen-bond acceptors (Lipinski definition) is 5. The molecule has 0 fully saturated rings. The molecule has 2 unspecified atom stereocenters. The first-order valence-corrected chi connectivity index (χ1v) is 5.46. The number of nitrogens with two attached hydrogens (primary N) is 1. The lowest BCUT2D eigenvalue weighted by Crippen LogP contribution is -2.36. The van der Waals surface area contributed by atoms with Gasteiger partial charge >= 0.3 is 0 Å². The second-order valence-corrected chi connectivity index (χ2v) is 3.71. The molecular weight excluding hydrogens is 218 g/mol. The fraction of sp³-hybridized carbons (Fsp3) is 0.417. The van der Waals surface area contributed by atoms with Crippen LogP contribution in [-0.4, -0.2) is 24.1 Å². The summed E-state index contributed by atoms with van der Waals surface area (Å²) in [6.07, 6.45) is -0.661. The van der Waals surface area contributed by atoms with Crippen LogP contribution in [0.3, 0.4) is 0 Å². The van der Waals surface area contributed by atoms with E-state index in [0.717, 1.165) is 0 Å². The van der Waals surface area contributed by atoms with Crippen molar-refractivity contribution in [3.8, 4) is 11.8 Å². The van der Waals surface area contributed by atoms with Gasteiger partial charge in [-0.2, -0.15) is 5.26 Å². The van der Waals surface area contributed by atoms with Crippen LogP contribution in [0.1, 0.15) is 18.9 Å². The largest absolute Gasteiger partial charge is 0.464 e. The predicted octanol–water partition coefficient (Wildman–Crippen LogP) is 0.540. The van der Waals surface area contributed by atoms with Gasteiger partial charge in [-0.15, -0.1) is 0 Å². The summed E-state index contributed by atoms with van der Waals surface area (Å²) in [7, 11) is 0. The van der Waals surface area contributed by atoms with E-state index in [2.05, 4.69) is 5.32 Å². The van der Waals surface area contributed by atoms with Gasteiger partial charge in [0.2, 0.25) is 0 Å². The lowest BCUT2D eigenvalue weighted by Gasteiger charge is -2.15. The molecule has 0 saturated carbocycles. The van der Waals surface area contributed by atoms with Gasteiger partial charge < -0.3 is 20.9 Å². The Hall–Kier alpha value is -1.61. The van der Waals surface area contributed by atoms with Gasteiger partial charge in [0, 0.05) is 13.0 Å². The zero-order valence-electron chi connectivity index (χ0n) is 9.76. The molecule has 0 radical (unpaired) electrons. The molecular formula is C12H17N3O2. The Bertz CT molecular complexity index is 388. The summed E-state index contributed by atoms with van der Waals surface area (Å²) in [4.78, 5) is 0. The predicted molar refractivity (Wildman–Crippen MR) is 64.1 cm³/mol. The summed E-state index contributed by atoms with van der Waals surface area (Å²) >= 11 is 0. The first-order valence-electron chi connectivity index (χ1n) is 5.46. The molecule has 0 aliphatic rings. The van der Waals surface area contributed by atoms with E-state index < -0.39 is 6.29 Å². The van der Waals surface area contributed by atoms with Crippen LogP contribution in [0.15, 0.2) is 24.3 Å². The first-order chi connectivity index (χ1) is 8.13. The van der Waals surface area contributed by atoms with Crippen LogP contribution < -0.4 is 15.8 Å². The molecule has 0 aliphatic heterocycles. The third-order valence-electron chi connectivity index (χ3n) is 2.13. The number of nitriles is 1. The van der Waals surface area contributed by atoms with Crippen molar-refractivity contribution in [2.75, 3.05) is 6.54 Å². The van der Waals surface area contributed by atoms with Gasteiger partial charge in [-0.1, -0.05) is 12.1 Å². The van der Waals surface area contributed by atoms with Gasteiger partial charge in [0.15, 0.2) is 6.29 Å². The molecule has 0 bridgehead atoms. The van der Waals surface area contributed by atoms with Gasteiger partial charge in [-0.25, -0.2) is 0 Å². The summed E-state index contributed by atoms with van der Waals surface area (Å²) in [5.41, 5.74) is 5.91. The van der Waals surface area contributed by atoms with Gasteiger partial charge in [0.1, 0.15) is 11.8 Å². The van der Waals surface area contributed by atoms with Crippen molar-refractivity contribution in [1.29, 1.82) is 5.26 Å². The van der Waals surface area contributed by atoms with E-state index >= 15 is 0 Å². The van der Waals surface area contributed by atoms with Crippen LogP contribution >= 0.6 is 0 Å². The average molecular weight is 235 g/mol. The smallest absolute Gasteiger partial charge is 0.198 e. The van der Waals surface area contributed by atoms with Crippen molar-refractivity contribution in [3.05, 3.63) is 29.8 Å². The standard InChI is InChI=1S/C12H17N3O2/c1-9(14)15-7-6-12(16)17-11-5-3-2-4-10(11)8-13/h2-5,9,12,15-16H,6-7,14H2,1H3. The SMILES string of the molecule is CC(N)NCCC(O)Oc1ccccc1C#N. The molecule has 0 spiro atoms. The number of nitrogens with zero attached hydrogens (tertiary/aromatic N) is 1. The fourth-order valence-corrected chi connectivity index (χ4v) is 1.30. The molecule has 1 rings (SSSR count). The van der Waals surface area contributed by atoms with Crippen LogP contribution in [0.25, 0.3) is 0 Å². The first kappa shape index (κ1) is 13.5. The summed E-state index contributed by atoms with van der Waals surface area (Å²) in [5, 5.41) is 21.4. The summed E-state index contributed by atoms with van der Waals surface area (Å²) in [6, 6.07) is 8.80. The monoisotopic (exact) mass is 235 g/mol. The third kappa shape index (κ3) is 4.83. The summed E-state index contributed by atoms with van der Waals surface area (Å²) < 4.78 is 5.27. The Morgan fingerprint density at radius 1 is 1.53 bits per heavy atom. The van der Waals surface area contributed by atoms with Gasteiger partial charge in [-0.3, -0.25) is 0 Å². The number of aliphatic hydroxyl groups excluding tert-OH is 1. The zero-order valence-corrected chi connectivity index (χ0v) is 9.76. The highest BCUT2D eigenvalue weighted by Crippen LogP contribution is 2.18. The Morgan fingerprint density at radius 2 is 2.24 bits per heavy atom. The summed E-state index contributed by atoms with van der Waals surface area (Å²) in [6.45, 7) is 2.37. The molecule has 0 aliphatic carbocycles. The normalized spacial score (nSPS) is 13.8. The van der Waals surface area contributed by atoms with Gasteiger partial charge in [-0.05, 0) is 19.1 Å². The Morgan fingerprint density at radius 3 is 2.88 bits per heavy atom. The lowest BCUT2D eigenvalue weighted by atomic mass is 10.2. The molecule has 92 valence electrons. The average Bonchev–Trinajstić information content (AvgIpc) is 2.29. The van der Waals surface area contributed by atoms with Crippen molar-refractivity contribution < 1.29 is 9.84 Å². The number of para-hydroxylation sites is 1. The zero-order chi connectivity index (χ0) is 12.7. The molecule has 0 amide bonds. The van der Waals surface area contributed by atoms with Crippen LogP contribution in [0.5, 0.6) is 5.75 Å². The highest BCUT2D eigenvalue weighted by atomic mass is 16.6. The summed E-state index contributed by atoms with van der Waals surface area (Å²) in [5.74, 6) is 0.392. The number of hydrogen-bond donors (Lipinski definition) is 3. The number of aliphatic hydroxyl groups is 1. The van der Waals surface area contributed by atoms with Crippen LogP contribution in [-0.2, 0) is 0 Å². The Labute approximate surface area is 101 Å². The molecule has 0 saturated heterocycles. The van der Waals surface area contributed by atoms with Crippen LogP contribution in [0, 0.1) is 11.3 Å². The minimum absolute atomic E-state index is 0.117. The number of benzene rings is 1. The Balaban J connectivity index is 2.45. The van der Waals surface area contributed by atoms with Crippen molar-refractivity contribution >= 4 is 0 Å². The quantitative estimate of drug-likeness (QED) is 0.626. The molecule has 1 aromatic rings. The highest BCUT2D eigenvalue weighted by molar-refractivity contribution is 5.42. The van der Waals surface area contributed by atoms with E-state index in [1.165, 1.54) is 0 Å². The van der Waals surface area contributed by atoms with Gasteiger partial charge in [0.25, 0.3) is 0 Å². The number of nitrogens with one attached hydrogen (secondary N) is 1. The van der Waals surface area contributed by atoms with E-state index in [-0.39, 0.29) is 6.17 Å². The second kappa shape index (κ2) is 6.86. The molecule has 17 heavy (non-hydrogen) atoms. The van der Waals surface area contributed by atoms with E-state index in [1.54, 1.807) is 24.3 Å².